The predicted molar refractivity (Wildman–Crippen MR) is 104 cm³/mol. The van der Waals surface area contributed by atoms with Gasteiger partial charge in [0, 0.05) is 62.4 Å². The molecular weight excluding hydrogens is 342 g/mol. The third-order valence-electron chi connectivity index (χ3n) is 4.94. The number of nitrogens with zero attached hydrogens (tertiary/aromatic N) is 3. The van der Waals surface area contributed by atoms with Crippen molar-refractivity contribution in [3.05, 3.63) is 48.2 Å². The number of hydrogen-bond donors (Lipinski definition) is 0. The van der Waals surface area contributed by atoms with Gasteiger partial charge in [0.15, 0.2) is 0 Å². The lowest BCUT2D eigenvalue weighted by molar-refractivity contribution is -0.127. The number of pyridine rings is 1. The third kappa shape index (κ3) is 4.27. The zero-order valence-corrected chi connectivity index (χ0v) is 16.0. The van der Waals surface area contributed by atoms with Crippen LogP contribution in [0.15, 0.2) is 42.6 Å². The molecule has 0 aliphatic carbocycles. The Morgan fingerprint density at radius 1 is 1.30 bits per heavy atom. The lowest BCUT2D eigenvalue weighted by atomic mass is 10.0. The fraction of sp³-hybridized carbons (Fsp3) is 0.381. The number of methoxy groups -OCH3 is 1. The second-order valence-corrected chi connectivity index (χ2v) is 6.86. The molecule has 142 valence electrons. The van der Waals surface area contributed by atoms with Gasteiger partial charge in [-0.1, -0.05) is 12.1 Å². The molecule has 0 saturated carbocycles. The Hall–Kier alpha value is -2.89. The molecule has 0 N–H and O–H groups in total. The molecule has 1 aliphatic rings. The normalized spacial score (nSPS) is 16.5. The van der Waals surface area contributed by atoms with Gasteiger partial charge in [-0.25, -0.2) is 4.98 Å². The van der Waals surface area contributed by atoms with E-state index in [9.17, 15) is 9.59 Å². The average Bonchev–Trinajstić information content (AvgIpc) is 3.06. The molecule has 1 atom stereocenters. The van der Waals surface area contributed by atoms with Crippen LogP contribution < -0.4 is 4.74 Å². The van der Waals surface area contributed by atoms with Crippen LogP contribution in [0.25, 0.3) is 11.1 Å². The second-order valence-electron chi connectivity index (χ2n) is 6.86. The van der Waals surface area contributed by atoms with Crippen LogP contribution in [0.5, 0.6) is 5.88 Å². The maximum absolute atomic E-state index is 12.8. The molecule has 2 aromatic rings. The number of rotatable bonds is 6. The fourth-order valence-electron chi connectivity index (χ4n) is 3.48. The number of amides is 2. The van der Waals surface area contributed by atoms with Crippen molar-refractivity contribution in [2.75, 3.05) is 33.8 Å². The van der Waals surface area contributed by atoms with E-state index in [1.165, 1.54) is 0 Å². The van der Waals surface area contributed by atoms with Gasteiger partial charge in [-0.15, -0.1) is 0 Å². The van der Waals surface area contributed by atoms with E-state index < -0.39 is 0 Å². The van der Waals surface area contributed by atoms with E-state index in [4.69, 9.17) is 4.74 Å². The van der Waals surface area contributed by atoms with Crippen molar-refractivity contribution in [3.63, 3.8) is 0 Å². The van der Waals surface area contributed by atoms with Crippen LogP contribution in [0.3, 0.4) is 0 Å². The first-order valence-electron chi connectivity index (χ1n) is 9.15. The highest BCUT2D eigenvalue weighted by Gasteiger charge is 2.30. The van der Waals surface area contributed by atoms with E-state index in [1.807, 2.05) is 42.2 Å². The van der Waals surface area contributed by atoms with Crippen LogP contribution in [0.4, 0.5) is 0 Å². The summed E-state index contributed by atoms with van der Waals surface area (Å²) < 4.78 is 5.09. The molecule has 0 bridgehead atoms. The van der Waals surface area contributed by atoms with E-state index in [1.54, 1.807) is 31.3 Å². The molecule has 1 unspecified atom stereocenters. The summed E-state index contributed by atoms with van der Waals surface area (Å²) in [6.45, 7) is 4.01. The largest absolute Gasteiger partial charge is 0.481 e. The van der Waals surface area contributed by atoms with Gasteiger partial charge in [-0.3, -0.25) is 9.59 Å². The molecule has 6 nitrogen and oxygen atoms in total. The summed E-state index contributed by atoms with van der Waals surface area (Å²) in [6, 6.07) is 11.2. The summed E-state index contributed by atoms with van der Waals surface area (Å²) in [5.41, 5.74) is 2.48. The van der Waals surface area contributed by atoms with E-state index in [-0.39, 0.29) is 17.7 Å². The molecule has 2 amide bonds. The van der Waals surface area contributed by atoms with Gasteiger partial charge < -0.3 is 14.5 Å². The van der Waals surface area contributed by atoms with Gasteiger partial charge in [0.1, 0.15) is 0 Å². The number of benzene rings is 1. The van der Waals surface area contributed by atoms with Gasteiger partial charge in [0.05, 0.1) is 7.11 Å². The Kier molecular flexibility index (Phi) is 5.74. The lowest BCUT2D eigenvalue weighted by Gasteiger charge is -2.21. The zero-order chi connectivity index (χ0) is 19.4. The highest BCUT2D eigenvalue weighted by Crippen LogP contribution is 2.23. The van der Waals surface area contributed by atoms with Crippen LogP contribution in [-0.2, 0) is 4.79 Å². The molecule has 2 heterocycles. The molecular formula is C21H25N3O3. The second kappa shape index (κ2) is 8.20. The highest BCUT2D eigenvalue weighted by molar-refractivity contribution is 5.95. The molecule has 0 radical (unpaired) electrons. The number of aromatic nitrogens is 1. The monoisotopic (exact) mass is 367 g/mol. The van der Waals surface area contributed by atoms with Crippen LogP contribution in [0.2, 0.25) is 0 Å². The molecule has 6 heteroatoms. The van der Waals surface area contributed by atoms with Crippen molar-refractivity contribution < 1.29 is 14.3 Å². The first-order chi connectivity index (χ1) is 13.0. The molecule has 27 heavy (non-hydrogen) atoms. The minimum absolute atomic E-state index is 0.0410. The van der Waals surface area contributed by atoms with Gasteiger partial charge in [-0.2, -0.15) is 0 Å². The first kappa shape index (κ1) is 18.9. The van der Waals surface area contributed by atoms with E-state index >= 15 is 0 Å². The third-order valence-corrected chi connectivity index (χ3v) is 4.94. The summed E-state index contributed by atoms with van der Waals surface area (Å²) >= 11 is 0. The first-order valence-corrected chi connectivity index (χ1v) is 9.15. The number of carbonyl (C=O) groups is 2. The van der Waals surface area contributed by atoms with Crippen molar-refractivity contribution in [1.29, 1.82) is 0 Å². The Labute approximate surface area is 159 Å². The molecule has 3 rings (SSSR count). The van der Waals surface area contributed by atoms with Crippen molar-refractivity contribution >= 4 is 11.8 Å². The molecule has 1 aliphatic heterocycles. The van der Waals surface area contributed by atoms with Crippen LogP contribution in [-0.4, -0.2) is 60.4 Å². The predicted octanol–water partition coefficient (Wildman–Crippen LogP) is 2.70. The van der Waals surface area contributed by atoms with Crippen molar-refractivity contribution in [2.45, 2.75) is 13.3 Å². The highest BCUT2D eigenvalue weighted by atomic mass is 16.5. The number of ether oxygens (including phenoxy) is 1. The van der Waals surface area contributed by atoms with E-state index in [0.29, 0.717) is 24.4 Å². The van der Waals surface area contributed by atoms with E-state index in [2.05, 4.69) is 4.98 Å². The minimum Gasteiger partial charge on any atom is -0.481 e. The standard InChI is InChI=1S/C21H25N3O3/c1-4-24-14-15(10-20(24)25)13-23(2)21(26)17-7-5-6-16(11-17)18-8-9-19(27-3)22-12-18/h5-9,11-12,15H,4,10,13-14H2,1-3H3. The number of hydrogen-bond acceptors (Lipinski definition) is 4. The Morgan fingerprint density at radius 3 is 2.74 bits per heavy atom. The van der Waals surface area contributed by atoms with Crippen LogP contribution >= 0.6 is 0 Å². The molecule has 0 spiro atoms. The quantitative estimate of drug-likeness (QED) is 0.788. The zero-order valence-electron chi connectivity index (χ0n) is 16.0. The SMILES string of the molecule is CCN1CC(CN(C)C(=O)c2cccc(-c3ccc(OC)nc3)c2)CC1=O. The average molecular weight is 367 g/mol. The lowest BCUT2D eigenvalue weighted by Crippen LogP contribution is -2.33. The summed E-state index contributed by atoms with van der Waals surface area (Å²) in [4.78, 5) is 32.5. The Balaban J connectivity index is 1.70. The van der Waals surface area contributed by atoms with Crippen LogP contribution in [0, 0.1) is 5.92 Å². The van der Waals surface area contributed by atoms with Crippen LogP contribution in [0.1, 0.15) is 23.7 Å². The summed E-state index contributed by atoms with van der Waals surface area (Å²) in [5, 5.41) is 0. The number of carbonyl (C=O) groups excluding carboxylic acids is 2. The van der Waals surface area contributed by atoms with Crippen molar-refractivity contribution in [2.24, 2.45) is 5.92 Å². The topological polar surface area (TPSA) is 62.7 Å². The molecule has 1 aromatic carbocycles. The Bertz CT molecular complexity index is 820. The van der Waals surface area contributed by atoms with Crippen molar-refractivity contribution in [1.82, 2.24) is 14.8 Å². The smallest absolute Gasteiger partial charge is 0.253 e. The maximum Gasteiger partial charge on any atom is 0.253 e. The summed E-state index contributed by atoms with van der Waals surface area (Å²) in [7, 11) is 3.37. The number of likely N-dealkylation sites (tertiary alicyclic amines) is 1. The van der Waals surface area contributed by atoms with Gasteiger partial charge in [0.2, 0.25) is 11.8 Å². The maximum atomic E-state index is 12.8. The molecule has 1 saturated heterocycles. The summed E-state index contributed by atoms with van der Waals surface area (Å²) in [6.07, 6.45) is 2.25. The van der Waals surface area contributed by atoms with Gasteiger partial charge in [-0.05, 0) is 30.7 Å². The molecule has 1 fully saturated rings. The van der Waals surface area contributed by atoms with E-state index in [0.717, 1.165) is 24.2 Å². The fourth-order valence-corrected chi connectivity index (χ4v) is 3.48. The van der Waals surface area contributed by atoms with Gasteiger partial charge >= 0.3 is 0 Å². The van der Waals surface area contributed by atoms with Crippen molar-refractivity contribution in [3.8, 4) is 17.0 Å². The Morgan fingerprint density at radius 2 is 2.11 bits per heavy atom. The van der Waals surface area contributed by atoms with Gasteiger partial charge in [0.25, 0.3) is 5.91 Å². The molecule has 1 aromatic heterocycles. The minimum atomic E-state index is -0.0410. The summed E-state index contributed by atoms with van der Waals surface area (Å²) in [5.74, 6) is 0.886.